The topological polar surface area (TPSA) is 66.4 Å². The molecule has 2 aromatic carbocycles. The number of benzene rings is 2. The van der Waals surface area contributed by atoms with Crippen LogP contribution in [0.25, 0.3) is 0 Å². The van der Waals surface area contributed by atoms with Gasteiger partial charge in [0.1, 0.15) is 5.82 Å². The van der Waals surface area contributed by atoms with Crippen molar-refractivity contribution < 1.29 is 19.1 Å². The summed E-state index contributed by atoms with van der Waals surface area (Å²) in [5, 5.41) is 14.1. The molecule has 0 radical (unpaired) electrons. The summed E-state index contributed by atoms with van der Waals surface area (Å²) in [5.74, 6) is 0.499. The van der Waals surface area contributed by atoms with E-state index in [1.165, 1.54) is 18.2 Å². The molecule has 0 saturated heterocycles. The smallest absolute Gasteiger partial charge is 0.251 e. The van der Waals surface area contributed by atoms with Crippen LogP contribution in [-0.2, 0) is 6.42 Å². The average Bonchev–Trinajstić information content (AvgIpc) is 2.74. The molecular weight excluding hydrogens is 405 g/mol. The third-order valence-electron chi connectivity index (χ3n) is 7.76. The van der Waals surface area contributed by atoms with Gasteiger partial charge in [0.15, 0.2) is 5.78 Å². The maximum atomic E-state index is 13.6. The van der Waals surface area contributed by atoms with Crippen LogP contribution in [0.15, 0.2) is 42.5 Å². The van der Waals surface area contributed by atoms with Crippen LogP contribution in [0.1, 0.15) is 77.3 Å². The average molecular weight is 436 g/mol. The van der Waals surface area contributed by atoms with Gasteiger partial charge in [-0.2, -0.15) is 0 Å². The van der Waals surface area contributed by atoms with Crippen molar-refractivity contribution in [3.63, 3.8) is 0 Å². The highest BCUT2D eigenvalue weighted by atomic mass is 19.1. The number of amides is 1. The molecule has 2 aromatic rings. The molecule has 0 aliphatic heterocycles. The number of aliphatic hydroxyl groups is 1. The number of nitrogens with one attached hydrogen (secondary N) is 1. The lowest BCUT2D eigenvalue weighted by Gasteiger charge is -2.58. The van der Waals surface area contributed by atoms with E-state index in [2.05, 4.69) is 5.32 Å². The van der Waals surface area contributed by atoms with Gasteiger partial charge in [0.25, 0.3) is 5.91 Å². The van der Waals surface area contributed by atoms with Crippen LogP contribution < -0.4 is 5.32 Å². The van der Waals surface area contributed by atoms with Crippen LogP contribution in [0.5, 0.6) is 0 Å². The molecule has 0 heterocycles. The highest BCUT2D eigenvalue weighted by Crippen LogP contribution is 2.55. The number of hydrogen-bond donors (Lipinski definition) is 2. The second kappa shape index (κ2) is 8.11. The van der Waals surface area contributed by atoms with Crippen molar-refractivity contribution >= 4 is 11.7 Å². The molecule has 4 bridgehead atoms. The van der Waals surface area contributed by atoms with Gasteiger partial charge >= 0.3 is 0 Å². The van der Waals surface area contributed by atoms with Gasteiger partial charge in [0.2, 0.25) is 0 Å². The van der Waals surface area contributed by atoms with E-state index in [0.717, 1.165) is 44.1 Å². The van der Waals surface area contributed by atoms with Gasteiger partial charge in [-0.05, 0) is 86.1 Å². The molecule has 1 amide bonds. The van der Waals surface area contributed by atoms with E-state index >= 15 is 0 Å². The van der Waals surface area contributed by atoms with Crippen molar-refractivity contribution in [1.29, 1.82) is 0 Å². The molecule has 0 aromatic heterocycles. The van der Waals surface area contributed by atoms with Gasteiger partial charge in [-0.25, -0.2) is 4.39 Å². The summed E-state index contributed by atoms with van der Waals surface area (Å²) < 4.78 is 13.6. The van der Waals surface area contributed by atoms with E-state index in [0.29, 0.717) is 40.9 Å². The monoisotopic (exact) mass is 435 g/mol. The summed E-state index contributed by atoms with van der Waals surface area (Å²) in [5.41, 5.74) is 1.69. The molecule has 4 saturated carbocycles. The summed E-state index contributed by atoms with van der Waals surface area (Å²) in [6.07, 6.45) is 6.21. The maximum absolute atomic E-state index is 13.6. The van der Waals surface area contributed by atoms with Gasteiger partial charge < -0.3 is 10.4 Å². The quantitative estimate of drug-likeness (QED) is 0.648. The largest absolute Gasteiger partial charge is 0.390 e. The Kier molecular flexibility index (Phi) is 5.40. The Morgan fingerprint density at radius 2 is 1.78 bits per heavy atom. The normalized spacial score (nSPS) is 30.3. The molecule has 2 unspecified atom stereocenters. The summed E-state index contributed by atoms with van der Waals surface area (Å²) in [4.78, 5) is 26.2. The number of halogens is 1. The number of carbonyl (C=O) groups excluding carboxylic acids is 2. The zero-order valence-corrected chi connectivity index (χ0v) is 18.4. The van der Waals surface area contributed by atoms with Crippen LogP contribution in [0.4, 0.5) is 4.39 Å². The van der Waals surface area contributed by atoms with Crippen molar-refractivity contribution in [2.24, 2.45) is 17.8 Å². The fourth-order valence-electron chi connectivity index (χ4n) is 6.68. The molecule has 4 nitrogen and oxygen atoms in total. The number of aryl methyl sites for hydroxylation is 1. The molecule has 6 rings (SSSR count). The van der Waals surface area contributed by atoms with Crippen molar-refractivity contribution in [3.05, 3.63) is 70.5 Å². The first-order chi connectivity index (χ1) is 15.3. The minimum atomic E-state index is -0.524. The molecule has 4 aliphatic carbocycles. The molecule has 2 N–H and O–H groups in total. The molecule has 0 spiro atoms. The first-order valence-electron chi connectivity index (χ1n) is 11.8. The highest BCUT2D eigenvalue weighted by molar-refractivity contribution is 6.09. The van der Waals surface area contributed by atoms with Gasteiger partial charge in [-0.1, -0.05) is 31.5 Å². The Morgan fingerprint density at radius 1 is 1.06 bits per heavy atom. The predicted octanol–water partition coefficient (Wildman–Crippen LogP) is 4.68. The first-order valence-corrected chi connectivity index (χ1v) is 11.8. The van der Waals surface area contributed by atoms with Crippen LogP contribution in [0, 0.1) is 23.6 Å². The standard InChI is InChI=1S/C27H30FNO3/c1-2-4-17-11-19(25(30)18-5-3-6-22(28)12-18)7-8-23(17)26(31)29-24-20-9-16-10-21(24)15-27(32,13-16)14-20/h3,5-8,11-12,16,20-21,24,32H,2,4,9-10,13-15H2,1H3,(H,29,31). The van der Waals surface area contributed by atoms with Crippen molar-refractivity contribution in [2.45, 2.75) is 63.5 Å². The van der Waals surface area contributed by atoms with E-state index in [4.69, 9.17) is 0 Å². The zero-order chi connectivity index (χ0) is 22.5. The summed E-state index contributed by atoms with van der Waals surface area (Å²) in [6.45, 7) is 2.04. The lowest BCUT2D eigenvalue weighted by Crippen LogP contribution is -2.61. The minimum Gasteiger partial charge on any atom is -0.390 e. The van der Waals surface area contributed by atoms with Crippen LogP contribution in [0.3, 0.4) is 0 Å². The number of rotatable bonds is 6. The Morgan fingerprint density at radius 3 is 2.44 bits per heavy atom. The first kappa shape index (κ1) is 21.3. The molecule has 5 heteroatoms. The number of carbonyl (C=O) groups is 2. The molecule has 4 aliphatic rings. The van der Waals surface area contributed by atoms with Crippen LogP contribution in [0.2, 0.25) is 0 Å². The van der Waals surface area contributed by atoms with Crippen molar-refractivity contribution in [2.75, 3.05) is 0 Å². The highest BCUT2D eigenvalue weighted by Gasteiger charge is 2.55. The summed E-state index contributed by atoms with van der Waals surface area (Å²) >= 11 is 0. The number of ketones is 1. The summed E-state index contributed by atoms with van der Waals surface area (Å²) in [7, 11) is 0. The lowest BCUT2D eigenvalue weighted by atomic mass is 9.52. The number of hydrogen-bond acceptors (Lipinski definition) is 3. The van der Waals surface area contributed by atoms with E-state index in [9.17, 15) is 19.1 Å². The lowest BCUT2D eigenvalue weighted by molar-refractivity contribution is -0.136. The van der Waals surface area contributed by atoms with Gasteiger partial charge in [0.05, 0.1) is 5.60 Å². The Bertz CT molecular complexity index is 1050. The third-order valence-corrected chi connectivity index (χ3v) is 7.76. The molecule has 168 valence electrons. The Balaban J connectivity index is 1.37. The SMILES string of the molecule is CCCc1cc(C(=O)c2cccc(F)c2)ccc1C(=O)NC1C2CC3CC1CC(O)(C3)C2. The second-order valence-electron chi connectivity index (χ2n) is 10.2. The molecule has 2 atom stereocenters. The fraction of sp³-hybridized carbons (Fsp3) is 0.481. The van der Waals surface area contributed by atoms with Crippen LogP contribution >= 0.6 is 0 Å². The fourth-order valence-corrected chi connectivity index (χ4v) is 6.68. The predicted molar refractivity (Wildman–Crippen MR) is 120 cm³/mol. The van der Waals surface area contributed by atoms with Gasteiger partial charge in [-0.15, -0.1) is 0 Å². The minimum absolute atomic E-state index is 0.0948. The van der Waals surface area contributed by atoms with E-state index in [1.54, 1.807) is 24.3 Å². The molecule has 32 heavy (non-hydrogen) atoms. The maximum Gasteiger partial charge on any atom is 0.251 e. The Labute approximate surface area is 188 Å². The van der Waals surface area contributed by atoms with Crippen molar-refractivity contribution in [1.82, 2.24) is 5.32 Å². The van der Waals surface area contributed by atoms with E-state index < -0.39 is 11.4 Å². The zero-order valence-electron chi connectivity index (χ0n) is 18.4. The Hall–Kier alpha value is -2.53. The van der Waals surface area contributed by atoms with Crippen molar-refractivity contribution in [3.8, 4) is 0 Å². The third kappa shape index (κ3) is 3.88. The summed E-state index contributed by atoms with van der Waals surface area (Å²) in [6, 6.07) is 11.0. The van der Waals surface area contributed by atoms with E-state index in [1.807, 2.05) is 6.92 Å². The molecule has 4 fully saturated rings. The van der Waals surface area contributed by atoms with E-state index in [-0.39, 0.29) is 17.7 Å². The van der Waals surface area contributed by atoms with Gasteiger partial charge in [-0.3, -0.25) is 9.59 Å². The van der Waals surface area contributed by atoms with Gasteiger partial charge in [0, 0.05) is 22.7 Å². The second-order valence-corrected chi connectivity index (χ2v) is 10.2. The van der Waals surface area contributed by atoms with Crippen LogP contribution in [-0.4, -0.2) is 28.4 Å². The molecular formula is C27H30FNO3.